The fourth-order valence-corrected chi connectivity index (χ4v) is 6.23. The number of hydrogen-bond acceptors (Lipinski definition) is 5. The molecule has 1 aromatic heterocycles. The molecule has 42 heavy (non-hydrogen) atoms. The number of hydrogen-bond donors (Lipinski definition) is 2. The maximum Gasteiger partial charge on any atom is 0.322 e. The van der Waals surface area contributed by atoms with Gasteiger partial charge in [-0.3, -0.25) is 9.78 Å². The number of aromatic nitrogens is 1. The zero-order valence-corrected chi connectivity index (χ0v) is 23.1. The Labute approximate surface area is 242 Å². The Morgan fingerprint density at radius 2 is 1.90 bits per heavy atom. The van der Waals surface area contributed by atoms with Crippen molar-refractivity contribution in [3.63, 3.8) is 0 Å². The van der Waals surface area contributed by atoms with Crippen LogP contribution in [0.2, 0.25) is 0 Å². The molecule has 0 radical (unpaired) electrons. The van der Waals surface area contributed by atoms with E-state index in [4.69, 9.17) is 15.2 Å². The van der Waals surface area contributed by atoms with Crippen LogP contribution in [0.1, 0.15) is 44.7 Å². The summed E-state index contributed by atoms with van der Waals surface area (Å²) in [6, 6.07) is 16.1. The van der Waals surface area contributed by atoms with Crippen LogP contribution in [0, 0.1) is 12.7 Å². The number of amides is 3. The van der Waals surface area contributed by atoms with E-state index in [0.717, 1.165) is 62.2 Å². The number of urea groups is 1. The first-order valence-electron chi connectivity index (χ1n) is 14.0. The van der Waals surface area contributed by atoms with Crippen molar-refractivity contribution in [2.24, 2.45) is 5.73 Å². The van der Waals surface area contributed by atoms with Gasteiger partial charge in [-0.05, 0) is 81.8 Å². The van der Waals surface area contributed by atoms with Crippen molar-refractivity contribution in [3.05, 3.63) is 100 Å². The van der Waals surface area contributed by atoms with Gasteiger partial charge in [0.15, 0.2) is 0 Å². The number of nitrogens with two attached hydrogens (primary N) is 1. The zero-order valence-electron chi connectivity index (χ0n) is 23.1. The SMILES string of the molecule is Cc1c(NC(=O)N2Cc3ccc(F)cc3C2)cccc1-c1cnc(C(N)=O)c2c1-c1ccc(OC3CCOC3)cc1C2. The van der Waals surface area contributed by atoms with E-state index >= 15 is 0 Å². The van der Waals surface area contributed by atoms with Crippen molar-refractivity contribution in [3.8, 4) is 28.0 Å². The highest BCUT2D eigenvalue weighted by molar-refractivity contribution is 6.01. The molecule has 3 aromatic carbocycles. The van der Waals surface area contributed by atoms with Gasteiger partial charge in [0.05, 0.1) is 13.2 Å². The minimum absolute atomic E-state index is 0.0294. The molecule has 7 rings (SSSR count). The first kappa shape index (κ1) is 26.2. The molecule has 1 aliphatic carbocycles. The van der Waals surface area contributed by atoms with Gasteiger partial charge in [0, 0.05) is 43.4 Å². The third-order valence-electron chi connectivity index (χ3n) is 8.36. The van der Waals surface area contributed by atoms with Crippen molar-refractivity contribution in [1.29, 1.82) is 0 Å². The van der Waals surface area contributed by atoms with Crippen LogP contribution in [-0.4, -0.2) is 41.1 Å². The summed E-state index contributed by atoms with van der Waals surface area (Å²) in [5.41, 5.74) is 14.7. The lowest BCUT2D eigenvalue weighted by atomic mass is 9.92. The molecule has 3 amide bonds. The van der Waals surface area contributed by atoms with Crippen LogP contribution in [0.25, 0.3) is 22.3 Å². The lowest BCUT2D eigenvalue weighted by molar-refractivity contribution is 0.0995. The van der Waals surface area contributed by atoms with Crippen LogP contribution in [0.5, 0.6) is 5.75 Å². The average molecular weight is 565 g/mol. The molecule has 1 atom stereocenters. The monoisotopic (exact) mass is 564 g/mol. The molecule has 1 saturated heterocycles. The Morgan fingerprint density at radius 3 is 2.71 bits per heavy atom. The number of benzene rings is 3. The third kappa shape index (κ3) is 4.55. The summed E-state index contributed by atoms with van der Waals surface area (Å²) in [6.07, 6.45) is 3.08. The summed E-state index contributed by atoms with van der Waals surface area (Å²) in [5.74, 6) is -0.119. The van der Waals surface area contributed by atoms with Crippen LogP contribution >= 0.6 is 0 Å². The first-order valence-corrected chi connectivity index (χ1v) is 14.0. The van der Waals surface area contributed by atoms with E-state index in [2.05, 4.69) is 10.3 Å². The van der Waals surface area contributed by atoms with E-state index in [-0.39, 0.29) is 23.6 Å². The highest BCUT2D eigenvalue weighted by atomic mass is 19.1. The van der Waals surface area contributed by atoms with Gasteiger partial charge in [0.25, 0.3) is 5.91 Å². The van der Waals surface area contributed by atoms with Crippen LogP contribution < -0.4 is 15.8 Å². The molecule has 3 aliphatic rings. The smallest absolute Gasteiger partial charge is 0.322 e. The summed E-state index contributed by atoms with van der Waals surface area (Å²) in [4.78, 5) is 31.8. The first-order chi connectivity index (χ1) is 20.4. The molecule has 3 N–H and O–H groups in total. The van der Waals surface area contributed by atoms with E-state index in [1.807, 2.05) is 43.3 Å². The Kier molecular flexibility index (Phi) is 6.39. The fourth-order valence-electron chi connectivity index (χ4n) is 6.23. The van der Waals surface area contributed by atoms with Crippen molar-refractivity contribution >= 4 is 17.6 Å². The number of ether oxygens (including phenoxy) is 2. The highest BCUT2D eigenvalue weighted by Crippen LogP contribution is 2.46. The third-order valence-corrected chi connectivity index (χ3v) is 8.36. The number of anilines is 1. The topological polar surface area (TPSA) is 107 Å². The number of nitrogens with one attached hydrogen (secondary N) is 1. The van der Waals surface area contributed by atoms with Crippen LogP contribution in [0.15, 0.2) is 60.8 Å². The predicted molar refractivity (Wildman–Crippen MR) is 156 cm³/mol. The molecule has 212 valence electrons. The predicted octanol–water partition coefficient (Wildman–Crippen LogP) is 5.58. The van der Waals surface area contributed by atoms with Gasteiger partial charge in [0.2, 0.25) is 0 Å². The van der Waals surface area contributed by atoms with Gasteiger partial charge in [-0.2, -0.15) is 0 Å². The van der Waals surface area contributed by atoms with Gasteiger partial charge < -0.3 is 25.4 Å². The number of halogens is 1. The second-order valence-corrected chi connectivity index (χ2v) is 11.0. The minimum atomic E-state index is -0.575. The van der Waals surface area contributed by atoms with Gasteiger partial charge in [0.1, 0.15) is 23.4 Å². The molecule has 9 heteroatoms. The van der Waals surface area contributed by atoms with Crippen LogP contribution in [0.3, 0.4) is 0 Å². The number of carbonyl (C=O) groups excluding carboxylic acids is 2. The van der Waals surface area contributed by atoms with Gasteiger partial charge in [-0.15, -0.1) is 0 Å². The zero-order chi connectivity index (χ0) is 29.0. The summed E-state index contributed by atoms with van der Waals surface area (Å²) < 4.78 is 25.3. The highest BCUT2D eigenvalue weighted by Gasteiger charge is 2.30. The summed E-state index contributed by atoms with van der Waals surface area (Å²) in [5, 5.41) is 3.04. The number of carbonyl (C=O) groups is 2. The average Bonchev–Trinajstić information content (AvgIpc) is 3.72. The number of nitrogens with zero attached hydrogens (tertiary/aromatic N) is 2. The molecule has 0 spiro atoms. The second-order valence-electron chi connectivity index (χ2n) is 11.0. The molecule has 3 heterocycles. The van der Waals surface area contributed by atoms with Gasteiger partial charge in [-0.25, -0.2) is 9.18 Å². The van der Waals surface area contributed by atoms with E-state index < -0.39 is 5.91 Å². The molecule has 2 aliphatic heterocycles. The molecule has 8 nitrogen and oxygen atoms in total. The maximum atomic E-state index is 13.7. The van der Waals surface area contributed by atoms with Gasteiger partial charge >= 0.3 is 6.03 Å². The molecule has 1 fully saturated rings. The quantitative estimate of drug-likeness (QED) is 0.290. The van der Waals surface area contributed by atoms with Crippen LogP contribution in [-0.2, 0) is 24.2 Å². The Balaban J connectivity index is 1.21. The standard InChI is InChI=1S/C33H29FN4O4/c1-18-25(3-2-4-29(18)37-33(40)38-15-19-5-6-22(34)11-21(19)16-38)28-14-36-31(32(35)39)27-13-20-12-23(7-8-26(20)30(27)28)42-24-9-10-41-17-24/h2-8,11-12,14,24H,9-10,13,15-17H2,1H3,(H2,35,39)(H,37,40). The second kappa shape index (κ2) is 10.3. The van der Waals surface area contributed by atoms with Crippen molar-refractivity contribution < 1.29 is 23.5 Å². The molecule has 0 saturated carbocycles. The van der Waals surface area contributed by atoms with Gasteiger partial charge in [-0.1, -0.05) is 24.3 Å². The molecule has 0 bridgehead atoms. The normalized spacial score (nSPS) is 16.6. The van der Waals surface area contributed by atoms with Crippen molar-refractivity contribution in [2.45, 2.75) is 39.0 Å². The van der Waals surface area contributed by atoms with Crippen molar-refractivity contribution in [2.75, 3.05) is 18.5 Å². The Morgan fingerprint density at radius 1 is 1.05 bits per heavy atom. The lowest BCUT2D eigenvalue weighted by Crippen LogP contribution is -2.30. The summed E-state index contributed by atoms with van der Waals surface area (Å²) in [6.45, 7) is 3.99. The van der Waals surface area contributed by atoms with Crippen molar-refractivity contribution in [1.82, 2.24) is 9.88 Å². The number of fused-ring (bicyclic) bond motifs is 4. The van der Waals surface area contributed by atoms with E-state index in [9.17, 15) is 14.0 Å². The maximum absolute atomic E-state index is 13.7. The van der Waals surface area contributed by atoms with E-state index in [1.165, 1.54) is 12.1 Å². The lowest BCUT2D eigenvalue weighted by Gasteiger charge is -2.20. The Bertz CT molecular complexity index is 1770. The molecular formula is C33H29FN4O4. The number of pyridine rings is 1. The molecule has 4 aromatic rings. The Hall–Kier alpha value is -4.76. The number of rotatable bonds is 5. The largest absolute Gasteiger partial charge is 0.488 e. The summed E-state index contributed by atoms with van der Waals surface area (Å²) in [7, 11) is 0. The van der Waals surface area contributed by atoms with Crippen LogP contribution in [0.4, 0.5) is 14.9 Å². The molecule has 1 unspecified atom stereocenters. The fraction of sp³-hybridized carbons (Fsp3) is 0.242. The minimum Gasteiger partial charge on any atom is -0.488 e. The molecular weight excluding hydrogens is 535 g/mol. The van der Waals surface area contributed by atoms with E-state index in [1.54, 1.807) is 17.2 Å². The number of primary amides is 1. The summed E-state index contributed by atoms with van der Waals surface area (Å²) >= 11 is 0. The van der Waals surface area contributed by atoms with E-state index in [0.29, 0.717) is 38.4 Å².